The average Bonchev–Trinajstić information content (AvgIpc) is 2.35. The topological polar surface area (TPSA) is 40.5 Å². The Labute approximate surface area is 109 Å². The highest BCUT2D eigenvalue weighted by Gasteiger charge is 2.07. The molecular weight excluding hydrogens is 226 g/mol. The van der Waals surface area contributed by atoms with Crippen molar-refractivity contribution in [3.63, 3.8) is 0 Å². The number of carbonyl (C=O) groups is 1. The fraction of sp³-hybridized carbons (Fsp3) is 0.400. The molecule has 0 aliphatic carbocycles. The summed E-state index contributed by atoms with van der Waals surface area (Å²) in [5.74, 6) is -0.101. The van der Waals surface area contributed by atoms with Crippen LogP contribution in [0, 0.1) is 0 Å². The van der Waals surface area contributed by atoms with Crippen molar-refractivity contribution in [3.05, 3.63) is 41.5 Å². The fourth-order valence-corrected chi connectivity index (χ4v) is 1.65. The molecule has 1 aromatic carbocycles. The second kappa shape index (κ2) is 6.97. The zero-order valence-corrected chi connectivity index (χ0v) is 11.3. The molecule has 0 saturated carbocycles. The number of amides is 1. The number of rotatable bonds is 5. The summed E-state index contributed by atoms with van der Waals surface area (Å²) in [6.07, 6.45) is 3.83. The van der Waals surface area contributed by atoms with Crippen molar-refractivity contribution in [2.75, 3.05) is 13.6 Å². The second-order valence-corrected chi connectivity index (χ2v) is 4.50. The highest BCUT2D eigenvalue weighted by molar-refractivity contribution is 5.91. The smallest absolute Gasteiger partial charge is 0.246 e. The van der Waals surface area contributed by atoms with Crippen LogP contribution in [0.3, 0.4) is 0 Å². The lowest BCUT2D eigenvalue weighted by molar-refractivity contribution is -0.125. The lowest BCUT2D eigenvalue weighted by Gasteiger charge is -2.16. The van der Waals surface area contributed by atoms with Crippen LogP contribution in [0.5, 0.6) is 0 Å². The minimum absolute atomic E-state index is 0.101. The van der Waals surface area contributed by atoms with Crippen LogP contribution in [-0.4, -0.2) is 35.6 Å². The minimum Gasteiger partial charge on any atom is -0.392 e. The van der Waals surface area contributed by atoms with Gasteiger partial charge in [-0.1, -0.05) is 31.2 Å². The van der Waals surface area contributed by atoms with Gasteiger partial charge in [0.05, 0.1) is 6.10 Å². The van der Waals surface area contributed by atoms with E-state index < -0.39 is 6.10 Å². The van der Waals surface area contributed by atoms with Crippen LogP contribution in [0.4, 0.5) is 0 Å². The maximum atomic E-state index is 11.7. The first-order valence-electron chi connectivity index (χ1n) is 6.23. The molecule has 98 valence electrons. The molecule has 0 aliphatic heterocycles. The van der Waals surface area contributed by atoms with E-state index in [9.17, 15) is 9.90 Å². The first kappa shape index (κ1) is 14.5. The molecule has 0 aliphatic rings. The molecule has 0 radical (unpaired) electrons. The van der Waals surface area contributed by atoms with Crippen molar-refractivity contribution in [1.29, 1.82) is 0 Å². The van der Waals surface area contributed by atoms with Gasteiger partial charge in [0.1, 0.15) is 0 Å². The molecule has 0 heterocycles. The summed E-state index contributed by atoms with van der Waals surface area (Å²) in [4.78, 5) is 13.2. The quantitative estimate of drug-likeness (QED) is 0.809. The van der Waals surface area contributed by atoms with E-state index in [1.54, 1.807) is 20.0 Å². The molecule has 0 spiro atoms. The largest absolute Gasteiger partial charge is 0.392 e. The van der Waals surface area contributed by atoms with Gasteiger partial charge in [0.2, 0.25) is 5.91 Å². The molecule has 1 rings (SSSR count). The summed E-state index contributed by atoms with van der Waals surface area (Å²) >= 11 is 0. The van der Waals surface area contributed by atoms with Crippen LogP contribution in [0.15, 0.2) is 30.3 Å². The Morgan fingerprint density at radius 3 is 2.50 bits per heavy atom. The number of benzene rings is 1. The van der Waals surface area contributed by atoms with Crippen LogP contribution >= 0.6 is 0 Å². The van der Waals surface area contributed by atoms with Gasteiger partial charge in [-0.05, 0) is 30.5 Å². The summed E-state index contributed by atoms with van der Waals surface area (Å²) in [6, 6.07) is 8.11. The fourth-order valence-electron chi connectivity index (χ4n) is 1.65. The van der Waals surface area contributed by atoms with Gasteiger partial charge >= 0.3 is 0 Å². The molecule has 18 heavy (non-hydrogen) atoms. The van der Waals surface area contributed by atoms with Gasteiger partial charge in [-0.2, -0.15) is 0 Å². The second-order valence-electron chi connectivity index (χ2n) is 4.50. The van der Waals surface area contributed by atoms with Gasteiger partial charge in [0.15, 0.2) is 0 Å². The van der Waals surface area contributed by atoms with Crippen LogP contribution in [0.2, 0.25) is 0 Å². The third kappa shape index (κ3) is 4.72. The summed E-state index contributed by atoms with van der Waals surface area (Å²) in [5, 5.41) is 9.20. The van der Waals surface area contributed by atoms with E-state index in [1.165, 1.54) is 16.5 Å². The summed E-state index contributed by atoms with van der Waals surface area (Å²) in [5.41, 5.74) is 2.29. The standard InChI is InChI=1S/C15H21NO2/c1-4-13-5-7-14(8-6-13)9-10-15(18)16(3)11-12(2)17/h5-10,12,17H,4,11H2,1-3H3. The predicted octanol–water partition coefficient (Wildman–Crippen LogP) is 2.10. The molecule has 1 amide bonds. The Hall–Kier alpha value is -1.61. The SMILES string of the molecule is CCc1ccc(C=CC(=O)N(C)CC(C)O)cc1. The molecule has 1 atom stereocenters. The minimum atomic E-state index is -0.504. The lowest BCUT2D eigenvalue weighted by atomic mass is 10.1. The Kier molecular flexibility index (Phi) is 5.59. The molecule has 1 N–H and O–H groups in total. The monoisotopic (exact) mass is 247 g/mol. The Bertz CT molecular complexity index is 407. The maximum Gasteiger partial charge on any atom is 0.246 e. The molecule has 0 aromatic heterocycles. The van der Waals surface area contributed by atoms with Crippen molar-refractivity contribution in [2.45, 2.75) is 26.4 Å². The van der Waals surface area contributed by atoms with Crippen molar-refractivity contribution in [1.82, 2.24) is 4.90 Å². The first-order chi connectivity index (χ1) is 8.52. The van der Waals surface area contributed by atoms with Crippen LogP contribution < -0.4 is 0 Å². The van der Waals surface area contributed by atoms with Crippen LogP contribution in [0.1, 0.15) is 25.0 Å². The zero-order valence-electron chi connectivity index (χ0n) is 11.3. The number of nitrogens with zero attached hydrogens (tertiary/aromatic N) is 1. The van der Waals surface area contributed by atoms with E-state index in [0.29, 0.717) is 6.54 Å². The molecule has 1 unspecified atom stereocenters. The predicted molar refractivity (Wildman–Crippen MR) is 74.2 cm³/mol. The number of hydrogen-bond donors (Lipinski definition) is 1. The molecule has 3 nitrogen and oxygen atoms in total. The molecule has 1 aromatic rings. The van der Waals surface area contributed by atoms with Gasteiger partial charge in [-0.3, -0.25) is 4.79 Å². The highest BCUT2D eigenvalue weighted by atomic mass is 16.3. The number of aliphatic hydroxyl groups excluding tert-OH is 1. The van der Waals surface area contributed by atoms with Gasteiger partial charge in [0.25, 0.3) is 0 Å². The van der Waals surface area contributed by atoms with Crippen molar-refractivity contribution in [2.24, 2.45) is 0 Å². The van der Waals surface area contributed by atoms with Crippen molar-refractivity contribution in [3.8, 4) is 0 Å². The van der Waals surface area contributed by atoms with Gasteiger partial charge in [-0.15, -0.1) is 0 Å². The lowest BCUT2D eigenvalue weighted by Crippen LogP contribution is -2.31. The molecule has 3 heteroatoms. The van der Waals surface area contributed by atoms with Gasteiger partial charge in [0, 0.05) is 19.7 Å². The average molecular weight is 247 g/mol. The third-order valence-corrected chi connectivity index (χ3v) is 2.72. The maximum absolute atomic E-state index is 11.7. The van der Waals surface area contributed by atoms with E-state index in [1.807, 2.05) is 12.1 Å². The summed E-state index contributed by atoms with van der Waals surface area (Å²) in [6.45, 7) is 4.12. The van der Waals surface area contributed by atoms with Crippen molar-refractivity contribution < 1.29 is 9.90 Å². The van der Waals surface area contributed by atoms with E-state index in [0.717, 1.165) is 12.0 Å². The van der Waals surface area contributed by atoms with Crippen LogP contribution in [-0.2, 0) is 11.2 Å². The van der Waals surface area contributed by atoms with Crippen molar-refractivity contribution >= 4 is 12.0 Å². The third-order valence-electron chi connectivity index (χ3n) is 2.72. The van der Waals surface area contributed by atoms with Crippen LogP contribution in [0.25, 0.3) is 6.08 Å². The Balaban J connectivity index is 2.59. The highest BCUT2D eigenvalue weighted by Crippen LogP contribution is 2.07. The number of likely N-dealkylation sites (N-methyl/N-ethyl adjacent to an activating group) is 1. The number of carbonyl (C=O) groups excluding carboxylic acids is 1. The molecular formula is C15H21NO2. The normalized spacial score (nSPS) is 12.7. The number of aryl methyl sites for hydroxylation is 1. The number of aliphatic hydroxyl groups is 1. The van der Waals surface area contributed by atoms with E-state index in [-0.39, 0.29) is 5.91 Å². The zero-order chi connectivity index (χ0) is 13.5. The Morgan fingerprint density at radius 1 is 1.39 bits per heavy atom. The molecule has 0 saturated heterocycles. The summed E-state index contributed by atoms with van der Waals surface area (Å²) < 4.78 is 0. The first-order valence-corrected chi connectivity index (χ1v) is 6.23. The van der Waals surface area contributed by atoms with E-state index >= 15 is 0 Å². The van der Waals surface area contributed by atoms with Gasteiger partial charge in [-0.25, -0.2) is 0 Å². The Morgan fingerprint density at radius 2 is 2.00 bits per heavy atom. The molecule has 0 bridgehead atoms. The van der Waals surface area contributed by atoms with Gasteiger partial charge < -0.3 is 10.0 Å². The molecule has 0 fully saturated rings. The summed E-state index contributed by atoms with van der Waals surface area (Å²) in [7, 11) is 1.68. The number of hydrogen-bond acceptors (Lipinski definition) is 2. The van der Waals surface area contributed by atoms with E-state index in [4.69, 9.17) is 0 Å². The van der Waals surface area contributed by atoms with E-state index in [2.05, 4.69) is 19.1 Å².